The molecule has 0 aliphatic carbocycles. The molecule has 4 rings (SSSR count). The maximum Gasteiger partial charge on any atom is 0.294 e. The van der Waals surface area contributed by atoms with Crippen molar-refractivity contribution in [1.29, 1.82) is 0 Å². The zero-order valence-corrected chi connectivity index (χ0v) is 16.1. The lowest BCUT2D eigenvalue weighted by Gasteiger charge is -2.09. The fraction of sp³-hybridized carbons (Fsp3) is 0.0952. The van der Waals surface area contributed by atoms with Crippen LogP contribution in [-0.4, -0.2) is 29.9 Å². The summed E-state index contributed by atoms with van der Waals surface area (Å²) >= 11 is 0. The number of rotatable bonds is 6. The average Bonchev–Trinajstić information content (AvgIpc) is 3.41. The van der Waals surface area contributed by atoms with Gasteiger partial charge in [0.1, 0.15) is 11.5 Å². The molecular formula is C21H18N6O3. The van der Waals surface area contributed by atoms with Crippen molar-refractivity contribution in [2.75, 3.05) is 5.32 Å². The third-order valence-electron chi connectivity index (χ3n) is 4.71. The van der Waals surface area contributed by atoms with Crippen LogP contribution in [0.1, 0.15) is 21.7 Å². The largest absolute Gasteiger partial charge is 0.331 e. The number of amides is 1. The van der Waals surface area contributed by atoms with E-state index in [0.717, 1.165) is 11.4 Å². The highest BCUT2D eigenvalue weighted by Gasteiger charge is 2.19. The summed E-state index contributed by atoms with van der Waals surface area (Å²) < 4.78 is 3.55. The van der Waals surface area contributed by atoms with Gasteiger partial charge in [0, 0.05) is 48.6 Å². The van der Waals surface area contributed by atoms with Gasteiger partial charge in [-0.25, -0.2) is 9.97 Å². The fourth-order valence-electron chi connectivity index (χ4n) is 3.10. The van der Waals surface area contributed by atoms with Crippen molar-refractivity contribution in [3.8, 4) is 5.69 Å². The summed E-state index contributed by atoms with van der Waals surface area (Å²) in [6, 6.07) is 11.8. The normalized spacial score (nSPS) is 10.7. The van der Waals surface area contributed by atoms with Gasteiger partial charge in [-0.1, -0.05) is 12.1 Å². The standard InChI is InChI=1S/C21H18N6O3/c1-15-23-9-11-25(15)13-16-2-5-18(6-3-16)24-21(28)17-4-7-19(20(12-17)27(29)30)26-10-8-22-14-26/h2-12,14H,13H2,1H3,(H,24,28). The van der Waals surface area contributed by atoms with Crippen LogP contribution < -0.4 is 5.32 Å². The average molecular weight is 402 g/mol. The topological polar surface area (TPSA) is 108 Å². The second-order valence-electron chi connectivity index (χ2n) is 6.68. The molecule has 0 bridgehead atoms. The molecular weight excluding hydrogens is 384 g/mol. The van der Waals surface area contributed by atoms with Gasteiger partial charge in [0.2, 0.25) is 0 Å². The number of carbonyl (C=O) groups excluding carboxylic acids is 1. The number of benzene rings is 2. The van der Waals surface area contributed by atoms with Crippen molar-refractivity contribution in [2.45, 2.75) is 13.5 Å². The van der Waals surface area contributed by atoms with E-state index in [1.165, 1.54) is 29.2 Å². The van der Waals surface area contributed by atoms with Gasteiger partial charge in [-0.15, -0.1) is 0 Å². The van der Waals surface area contributed by atoms with E-state index < -0.39 is 10.8 Å². The minimum atomic E-state index is -0.515. The van der Waals surface area contributed by atoms with Crippen LogP contribution in [0.4, 0.5) is 11.4 Å². The fourth-order valence-corrected chi connectivity index (χ4v) is 3.10. The van der Waals surface area contributed by atoms with Crippen molar-refractivity contribution in [3.63, 3.8) is 0 Å². The van der Waals surface area contributed by atoms with Crippen LogP contribution in [0.3, 0.4) is 0 Å². The van der Waals surface area contributed by atoms with E-state index in [4.69, 9.17) is 0 Å². The van der Waals surface area contributed by atoms with Crippen molar-refractivity contribution in [3.05, 3.63) is 101 Å². The first kappa shape index (κ1) is 19.1. The van der Waals surface area contributed by atoms with Crippen LogP contribution in [0.5, 0.6) is 0 Å². The summed E-state index contributed by atoms with van der Waals surface area (Å²) in [5.41, 5.74) is 2.03. The summed E-state index contributed by atoms with van der Waals surface area (Å²) in [6.07, 6.45) is 8.26. The van der Waals surface area contributed by atoms with Gasteiger partial charge in [-0.3, -0.25) is 14.9 Å². The van der Waals surface area contributed by atoms with E-state index in [1.54, 1.807) is 30.6 Å². The smallest absolute Gasteiger partial charge is 0.294 e. The molecule has 0 saturated carbocycles. The van der Waals surface area contributed by atoms with Gasteiger partial charge in [-0.2, -0.15) is 0 Å². The summed E-state index contributed by atoms with van der Waals surface area (Å²) in [5.74, 6) is 0.501. The third kappa shape index (κ3) is 3.95. The molecule has 1 amide bonds. The molecule has 2 aromatic carbocycles. The first-order chi connectivity index (χ1) is 14.5. The van der Waals surface area contributed by atoms with Crippen LogP contribution in [0.25, 0.3) is 5.69 Å². The zero-order valence-electron chi connectivity index (χ0n) is 16.1. The minimum Gasteiger partial charge on any atom is -0.331 e. The predicted octanol–water partition coefficient (Wildman–Crippen LogP) is 3.59. The number of hydrogen-bond acceptors (Lipinski definition) is 5. The Kier molecular flexibility index (Phi) is 5.08. The predicted molar refractivity (Wildman–Crippen MR) is 111 cm³/mol. The molecule has 0 spiro atoms. The monoisotopic (exact) mass is 402 g/mol. The first-order valence-corrected chi connectivity index (χ1v) is 9.16. The maximum atomic E-state index is 12.6. The number of imidazole rings is 2. The molecule has 0 fully saturated rings. The Balaban J connectivity index is 1.50. The highest BCUT2D eigenvalue weighted by molar-refractivity contribution is 6.04. The summed E-state index contributed by atoms with van der Waals surface area (Å²) in [4.78, 5) is 31.7. The Hall–Kier alpha value is -4.27. The number of nitrogens with zero attached hydrogens (tertiary/aromatic N) is 5. The molecule has 9 heteroatoms. The quantitative estimate of drug-likeness (QED) is 0.392. The second-order valence-corrected chi connectivity index (χ2v) is 6.68. The summed E-state index contributed by atoms with van der Waals surface area (Å²) in [5, 5.41) is 14.3. The van der Waals surface area contributed by atoms with Gasteiger partial charge < -0.3 is 14.5 Å². The third-order valence-corrected chi connectivity index (χ3v) is 4.71. The number of aryl methyl sites for hydroxylation is 1. The molecule has 2 heterocycles. The number of nitro groups is 1. The minimum absolute atomic E-state index is 0.174. The van der Waals surface area contributed by atoms with E-state index in [1.807, 2.05) is 29.8 Å². The molecule has 4 aromatic rings. The van der Waals surface area contributed by atoms with Crippen molar-refractivity contribution in [2.24, 2.45) is 0 Å². The van der Waals surface area contributed by atoms with E-state index >= 15 is 0 Å². The molecule has 1 N–H and O–H groups in total. The lowest BCUT2D eigenvalue weighted by atomic mass is 10.1. The lowest BCUT2D eigenvalue weighted by molar-refractivity contribution is -0.384. The maximum absolute atomic E-state index is 12.6. The Morgan fingerprint density at radius 3 is 2.57 bits per heavy atom. The molecule has 0 saturated heterocycles. The van der Waals surface area contributed by atoms with Crippen LogP contribution >= 0.6 is 0 Å². The SMILES string of the molecule is Cc1nccn1Cc1ccc(NC(=O)c2ccc(-n3ccnc3)c([N+](=O)[O-])c2)cc1. The number of hydrogen-bond donors (Lipinski definition) is 1. The van der Waals surface area contributed by atoms with Crippen molar-refractivity contribution >= 4 is 17.3 Å². The van der Waals surface area contributed by atoms with Crippen LogP contribution in [0.2, 0.25) is 0 Å². The molecule has 9 nitrogen and oxygen atoms in total. The second kappa shape index (κ2) is 8.00. The van der Waals surface area contributed by atoms with E-state index in [-0.39, 0.29) is 11.3 Å². The molecule has 2 aromatic heterocycles. The molecule has 0 radical (unpaired) electrons. The number of anilines is 1. The molecule has 0 atom stereocenters. The van der Waals surface area contributed by atoms with Crippen molar-refractivity contribution in [1.82, 2.24) is 19.1 Å². The zero-order chi connectivity index (χ0) is 21.1. The first-order valence-electron chi connectivity index (χ1n) is 9.16. The van der Waals surface area contributed by atoms with Crippen LogP contribution in [0, 0.1) is 17.0 Å². The number of aromatic nitrogens is 4. The van der Waals surface area contributed by atoms with Gasteiger partial charge in [0.05, 0.1) is 11.3 Å². The van der Waals surface area contributed by atoms with Gasteiger partial charge in [0.15, 0.2) is 0 Å². The lowest BCUT2D eigenvalue weighted by Crippen LogP contribution is -2.13. The Morgan fingerprint density at radius 2 is 1.93 bits per heavy atom. The number of nitrogens with one attached hydrogen (secondary N) is 1. The molecule has 30 heavy (non-hydrogen) atoms. The van der Waals surface area contributed by atoms with E-state index in [2.05, 4.69) is 15.3 Å². The van der Waals surface area contributed by atoms with Gasteiger partial charge in [-0.05, 0) is 36.8 Å². The summed E-state index contributed by atoms with van der Waals surface area (Å²) in [6.45, 7) is 2.62. The molecule has 0 aliphatic rings. The highest BCUT2D eigenvalue weighted by Crippen LogP contribution is 2.25. The number of carbonyl (C=O) groups is 1. The van der Waals surface area contributed by atoms with Gasteiger partial charge >= 0.3 is 0 Å². The van der Waals surface area contributed by atoms with E-state index in [9.17, 15) is 14.9 Å². The molecule has 0 unspecified atom stereocenters. The Labute approximate surface area is 171 Å². The van der Waals surface area contributed by atoms with Crippen LogP contribution in [0.15, 0.2) is 73.6 Å². The Morgan fingerprint density at radius 1 is 1.13 bits per heavy atom. The Bertz CT molecular complexity index is 1200. The summed E-state index contributed by atoms with van der Waals surface area (Å²) in [7, 11) is 0. The molecule has 0 aliphatic heterocycles. The highest BCUT2D eigenvalue weighted by atomic mass is 16.6. The van der Waals surface area contributed by atoms with E-state index in [0.29, 0.717) is 17.9 Å². The molecule has 150 valence electrons. The number of nitro benzene ring substituents is 1. The van der Waals surface area contributed by atoms with Gasteiger partial charge in [0.25, 0.3) is 11.6 Å². The van der Waals surface area contributed by atoms with Crippen LogP contribution in [-0.2, 0) is 6.54 Å². The van der Waals surface area contributed by atoms with Crippen molar-refractivity contribution < 1.29 is 9.72 Å².